The second-order valence-corrected chi connectivity index (χ2v) is 8.09. The van der Waals surface area contributed by atoms with E-state index in [0.29, 0.717) is 6.04 Å². The van der Waals surface area contributed by atoms with Crippen LogP contribution in [-0.4, -0.2) is 54.4 Å². The summed E-state index contributed by atoms with van der Waals surface area (Å²) in [5.41, 5.74) is 1.35. The molecular weight excluding hydrogens is 301 g/mol. The lowest BCUT2D eigenvalue weighted by atomic mass is 9.80. The van der Waals surface area contributed by atoms with Crippen LogP contribution in [0.2, 0.25) is 0 Å². The van der Waals surface area contributed by atoms with Crippen LogP contribution in [0, 0.1) is 0 Å². The van der Waals surface area contributed by atoms with Gasteiger partial charge in [0.25, 0.3) is 0 Å². The van der Waals surface area contributed by atoms with Crippen molar-refractivity contribution >= 4 is 18.3 Å². The normalized spacial score (nSPS) is 26.0. The largest absolute Gasteiger partial charge is 0.496 e. The average Bonchev–Trinajstić information content (AvgIpc) is 3.00. The molecule has 0 saturated carbocycles. The van der Waals surface area contributed by atoms with Gasteiger partial charge in [-0.2, -0.15) is 0 Å². The number of anilines is 1. The number of hydrogen-bond donors (Lipinski definition) is 1. The fourth-order valence-electron chi connectivity index (χ4n) is 3.39. The molecule has 2 fully saturated rings. The van der Waals surface area contributed by atoms with Gasteiger partial charge in [0.05, 0.1) is 16.9 Å². The zero-order chi connectivity index (χ0) is 17.4. The van der Waals surface area contributed by atoms with Gasteiger partial charge in [0.1, 0.15) is 0 Å². The predicted octanol–water partition coefficient (Wildman–Crippen LogP) is 2.28. The van der Waals surface area contributed by atoms with Crippen molar-refractivity contribution in [2.24, 2.45) is 0 Å². The van der Waals surface area contributed by atoms with Gasteiger partial charge in [-0.25, -0.2) is 0 Å². The van der Waals surface area contributed by atoms with Gasteiger partial charge in [-0.3, -0.25) is 4.98 Å². The third-order valence-corrected chi connectivity index (χ3v) is 5.76. The molecule has 1 unspecified atom stereocenters. The summed E-state index contributed by atoms with van der Waals surface area (Å²) in [4.78, 5) is 6.82. The third-order valence-electron chi connectivity index (χ3n) is 5.76. The van der Waals surface area contributed by atoms with E-state index in [-0.39, 0.29) is 18.3 Å². The van der Waals surface area contributed by atoms with Crippen LogP contribution in [0.1, 0.15) is 47.0 Å². The number of aromatic nitrogens is 1. The van der Waals surface area contributed by atoms with Crippen LogP contribution >= 0.6 is 0 Å². The van der Waals surface area contributed by atoms with Gasteiger partial charge in [0.15, 0.2) is 0 Å². The molecule has 1 atom stereocenters. The molecule has 6 heteroatoms. The Balaban J connectivity index is 1.59. The first-order chi connectivity index (χ1) is 11.3. The monoisotopic (exact) mass is 331 g/mol. The fraction of sp³-hybridized carbons (Fsp3) is 0.722. The summed E-state index contributed by atoms with van der Waals surface area (Å²) in [6.45, 7) is 10.5. The van der Waals surface area contributed by atoms with Crippen molar-refractivity contribution in [2.75, 3.05) is 25.5 Å². The van der Waals surface area contributed by atoms with E-state index in [2.05, 4.69) is 56.0 Å². The molecule has 2 saturated heterocycles. The van der Waals surface area contributed by atoms with Crippen LogP contribution in [0.3, 0.4) is 0 Å². The maximum Gasteiger partial charge on any atom is 0.496 e. The van der Waals surface area contributed by atoms with Crippen LogP contribution in [0.15, 0.2) is 18.5 Å². The Bertz CT molecular complexity index is 563. The van der Waals surface area contributed by atoms with E-state index in [4.69, 9.17) is 9.31 Å². The third kappa shape index (κ3) is 3.61. The van der Waals surface area contributed by atoms with Gasteiger partial charge >= 0.3 is 7.12 Å². The van der Waals surface area contributed by atoms with E-state index in [1.165, 1.54) is 19.4 Å². The van der Waals surface area contributed by atoms with Crippen LogP contribution < -0.4 is 10.8 Å². The highest BCUT2D eigenvalue weighted by molar-refractivity contribution is 6.62. The Morgan fingerprint density at radius 1 is 1.25 bits per heavy atom. The van der Waals surface area contributed by atoms with Gasteiger partial charge in [-0.05, 0) is 66.6 Å². The smallest absolute Gasteiger partial charge is 0.399 e. The molecule has 2 aliphatic heterocycles. The van der Waals surface area contributed by atoms with Gasteiger partial charge in [-0.15, -0.1) is 0 Å². The summed E-state index contributed by atoms with van der Waals surface area (Å²) in [6, 6.07) is 2.80. The average molecular weight is 331 g/mol. The quantitative estimate of drug-likeness (QED) is 0.839. The highest BCUT2D eigenvalue weighted by atomic mass is 16.7. The molecular formula is C18H30BN3O2. The Kier molecular flexibility index (Phi) is 4.91. The zero-order valence-corrected chi connectivity index (χ0v) is 15.6. The van der Waals surface area contributed by atoms with Crippen molar-refractivity contribution in [3.05, 3.63) is 18.5 Å². The van der Waals surface area contributed by atoms with Gasteiger partial charge in [0, 0.05) is 30.4 Å². The Morgan fingerprint density at radius 3 is 2.58 bits per heavy atom. The van der Waals surface area contributed by atoms with E-state index in [0.717, 1.165) is 24.1 Å². The Morgan fingerprint density at radius 2 is 1.96 bits per heavy atom. The first-order valence-corrected chi connectivity index (χ1v) is 9.03. The van der Waals surface area contributed by atoms with Crippen LogP contribution in [0.5, 0.6) is 0 Å². The summed E-state index contributed by atoms with van der Waals surface area (Å²) >= 11 is 0. The van der Waals surface area contributed by atoms with Gasteiger partial charge in [-0.1, -0.05) is 0 Å². The number of hydrogen-bond acceptors (Lipinski definition) is 5. The summed E-state index contributed by atoms with van der Waals surface area (Å²) in [5, 5.41) is 3.50. The zero-order valence-electron chi connectivity index (χ0n) is 15.6. The van der Waals surface area contributed by atoms with E-state index < -0.39 is 0 Å². The standard InChI is InChI=1S/C18H30BN3O2/c1-17(2)18(3,4)24-19(23-17)14-11-15(13-20-12-14)21-9-8-16-7-6-10-22(16)5/h11-13,16,21H,6-10H2,1-5H3. The summed E-state index contributed by atoms with van der Waals surface area (Å²) in [5.74, 6) is 0. The number of nitrogens with zero attached hydrogens (tertiary/aromatic N) is 2. The lowest BCUT2D eigenvalue weighted by molar-refractivity contribution is 0.00578. The van der Waals surface area contributed by atoms with E-state index in [1.807, 2.05) is 12.4 Å². The summed E-state index contributed by atoms with van der Waals surface area (Å²) < 4.78 is 12.2. The molecule has 1 N–H and O–H groups in total. The molecule has 2 aliphatic rings. The molecule has 3 rings (SSSR count). The second-order valence-electron chi connectivity index (χ2n) is 8.09. The Hall–Kier alpha value is -1.11. The minimum Gasteiger partial charge on any atom is -0.399 e. The lowest BCUT2D eigenvalue weighted by Gasteiger charge is -2.32. The maximum atomic E-state index is 6.11. The molecule has 0 bridgehead atoms. The molecule has 0 aromatic carbocycles. The van der Waals surface area contributed by atoms with E-state index in [9.17, 15) is 0 Å². The van der Waals surface area contributed by atoms with Crippen molar-refractivity contribution in [2.45, 2.75) is 64.2 Å². The molecule has 0 radical (unpaired) electrons. The van der Waals surface area contributed by atoms with Gasteiger partial charge < -0.3 is 19.5 Å². The highest BCUT2D eigenvalue weighted by Crippen LogP contribution is 2.36. The van der Waals surface area contributed by atoms with Crippen LogP contribution in [-0.2, 0) is 9.31 Å². The molecule has 0 aliphatic carbocycles. The maximum absolute atomic E-state index is 6.11. The number of likely N-dealkylation sites (tertiary alicyclic amines) is 1. The summed E-state index contributed by atoms with van der Waals surface area (Å²) in [7, 11) is 1.86. The molecule has 1 aromatic rings. The lowest BCUT2D eigenvalue weighted by Crippen LogP contribution is -2.41. The molecule has 5 nitrogen and oxygen atoms in total. The van der Waals surface area contributed by atoms with Gasteiger partial charge in [0.2, 0.25) is 0 Å². The molecule has 1 aromatic heterocycles. The summed E-state index contributed by atoms with van der Waals surface area (Å²) in [6.07, 6.45) is 7.49. The molecule has 0 amide bonds. The SMILES string of the molecule is CN1CCCC1CCNc1cncc(B2OC(C)(C)C(C)(C)O2)c1. The number of nitrogens with one attached hydrogen (secondary N) is 1. The molecule has 0 spiro atoms. The minimum absolute atomic E-state index is 0.325. The highest BCUT2D eigenvalue weighted by Gasteiger charge is 2.51. The molecule has 24 heavy (non-hydrogen) atoms. The molecule has 3 heterocycles. The van der Waals surface area contributed by atoms with Crippen molar-refractivity contribution < 1.29 is 9.31 Å². The van der Waals surface area contributed by atoms with E-state index in [1.54, 1.807) is 0 Å². The van der Waals surface area contributed by atoms with Crippen molar-refractivity contribution in [1.82, 2.24) is 9.88 Å². The number of rotatable bonds is 5. The first kappa shape index (κ1) is 17.7. The Labute approximate surface area is 146 Å². The van der Waals surface area contributed by atoms with Crippen molar-refractivity contribution in [3.63, 3.8) is 0 Å². The molecule has 132 valence electrons. The number of pyridine rings is 1. The van der Waals surface area contributed by atoms with Crippen molar-refractivity contribution in [1.29, 1.82) is 0 Å². The topological polar surface area (TPSA) is 46.6 Å². The van der Waals surface area contributed by atoms with Crippen LogP contribution in [0.25, 0.3) is 0 Å². The van der Waals surface area contributed by atoms with Crippen LogP contribution in [0.4, 0.5) is 5.69 Å². The van der Waals surface area contributed by atoms with E-state index >= 15 is 0 Å². The second kappa shape index (κ2) is 6.66. The van der Waals surface area contributed by atoms with Crippen molar-refractivity contribution in [3.8, 4) is 0 Å². The minimum atomic E-state index is -0.356. The fourth-order valence-corrected chi connectivity index (χ4v) is 3.39. The first-order valence-electron chi connectivity index (χ1n) is 9.03. The predicted molar refractivity (Wildman–Crippen MR) is 98.7 cm³/mol.